The molecule has 0 N–H and O–H groups in total. The first-order valence-corrected chi connectivity index (χ1v) is 3.93. The van der Waals surface area contributed by atoms with Crippen LogP contribution in [-0.2, 0) is 4.79 Å². The third kappa shape index (κ3) is 0.606. The van der Waals surface area contributed by atoms with Crippen LogP contribution in [-0.4, -0.2) is 5.78 Å². The third-order valence-corrected chi connectivity index (χ3v) is 2.86. The van der Waals surface area contributed by atoms with Crippen molar-refractivity contribution < 1.29 is 4.79 Å². The van der Waals surface area contributed by atoms with E-state index in [-0.39, 0.29) is 5.41 Å². The number of rotatable bonds is 0. The molecule has 0 radical (unpaired) electrons. The van der Waals surface area contributed by atoms with Crippen LogP contribution in [0, 0.1) is 11.3 Å². The van der Waals surface area contributed by atoms with Gasteiger partial charge in [0.05, 0.1) is 0 Å². The molecule has 0 aromatic carbocycles. The van der Waals surface area contributed by atoms with Gasteiger partial charge in [-0.05, 0) is 12.8 Å². The fraction of sp³-hybridized carbons (Fsp3) is 0.667. The average Bonchev–Trinajstić information content (AvgIpc) is 1.86. The summed E-state index contributed by atoms with van der Waals surface area (Å²) in [6.07, 6.45) is 7.41. The van der Waals surface area contributed by atoms with Crippen molar-refractivity contribution in [1.82, 2.24) is 0 Å². The van der Waals surface area contributed by atoms with Crippen LogP contribution in [0.2, 0.25) is 0 Å². The van der Waals surface area contributed by atoms with Crippen LogP contribution in [0.3, 0.4) is 0 Å². The molecule has 2 aliphatic rings. The Morgan fingerprint density at radius 1 is 1.70 bits per heavy atom. The average molecular weight is 136 g/mol. The highest BCUT2D eigenvalue weighted by atomic mass is 16.1. The van der Waals surface area contributed by atoms with Crippen molar-refractivity contribution in [3.8, 4) is 0 Å². The molecule has 54 valence electrons. The topological polar surface area (TPSA) is 17.1 Å². The summed E-state index contributed by atoms with van der Waals surface area (Å²) in [5.74, 6) is 0.851. The maximum atomic E-state index is 11.0. The second-order valence-electron chi connectivity index (χ2n) is 3.68. The lowest BCUT2D eigenvalue weighted by Crippen LogP contribution is -2.46. The summed E-state index contributed by atoms with van der Waals surface area (Å²) < 4.78 is 0. The molecule has 2 aliphatic carbocycles. The Kier molecular flexibility index (Phi) is 1.05. The van der Waals surface area contributed by atoms with Gasteiger partial charge < -0.3 is 0 Å². The second-order valence-corrected chi connectivity index (χ2v) is 3.68. The zero-order valence-corrected chi connectivity index (χ0v) is 6.26. The minimum atomic E-state index is 0.259. The SMILES string of the molecule is CC12C=CCCC1C(=O)C2. The van der Waals surface area contributed by atoms with Crippen molar-refractivity contribution in [3.05, 3.63) is 12.2 Å². The minimum absolute atomic E-state index is 0.259. The lowest BCUT2D eigenvalue weighted by Gasteiger charge is -2.45. The Bertz CT molecular complexity index is 205. The molecule has 2 rings (SSSR count). The number of hydrogen-bond acceptors (Lipinski definition) is 1. The molecule has 10 heavy (non-hydrogen) atoms. The number of carbonyl (C=O) groups is 1. The highest BCUT2D eigenvalue weighted by molar-refractivity contribution is 5.89. The Morgan fingerprint density at radius 2 is 2.50 bits per heavy atom. The maximum absolute atomic E-state index is 11.0. The summed E-state index contributed by atoms with van der Waals surface area (Å²) in [4.78, 5) is 11.0. The normalized spacial score (nSPS) is 44.5. The molecule has 2 unspecified atom stereocenters. The Balaban J connectivity index is 2.26. The molecular weight excluding hydrogens is 124 g/mol. The van der Waals surface area contributed by atoms with E-state index in [4.69, 9.17) is 0 Å². The Labute approximate surface area is 61.1 Å². The van der Waals surface area contributed by atoms with Crippen molar-refractivity contribution in [2.24, 2.45) is 11.3 Å². The third-order valence-electron chi connectivity index (χ3n) is 2.86. The fourth-order valence-electron chi connectivity index (χ4n) is 2.14. The molecule has 1 heteroatoms. The van der Waals surface area contributed by atoms with Gasteiger partial charge in [0.1, 0.15) is 5.78 Å². The van der Waals surface area contributed by atoms with Crippen molar-refractivity contribution in [2.75, 3.05) is 0 Å². The standard InChI is InChI=1S/C9H12O/c1-9-5-3-2-4-7(9)8(10)6-9/h3,5,7H,2,4,6H2,1H3. The molecule has 0 amide bonds. The molecule has 0 heterocycles. The van der Waals surface area contributed by atoms with Crippen LogP contribution >= 0.6 is 0 Å². The molecule has 0 saturated heterocycles. The molecular formula is C9H12O. The molecule has 1 saturated carbocycles. The quantitative estimate of drug-likeness (QED) is 0.465. The lowest BCUT2D eigenvalue weighted by atomic mass is 9.57. The van der Waals surface area contributed by atoms with Crippen molar-refractivity contribution in [2.45, 2.75) is 26.2 Å². The predicted molar refractivity (Wildman–Crippen MR) is 39.6 cm³/mol. The summed E-state index contributed by atoms with van der Waals surface area (Å²) in [7, 11) is 0. The number of fused-ring (bicyclic) bond motifs is 1. The van der Waals surface area contributed by atoms with Crippen LogP contribution in [0.5, 0.6) is 0 Å². The number of carbonyl (C=O) groups excluding carboxylic acids is 1. The van der Waals surface area contributed by atoms with Gasteiger partial charge in [-0.1, -0.05) is 19.1 Å². The molecule has 2 atom stereocenters. The number of Topliss-reactive ketones (excluding diaryl/α,β-unsaturated/α-hetero) is 1. The summed E-state index contributed by atoms with van der Waals surface area (Å²) in [5, 5.41) is 0. The minimum Gasteiger partial charge on any atom is -0.299 e. The van der Waals surface area contributed by atoms with Gasteiger partial charge in [-0.15, -0.1) is 0 Å². The highest BCUT2D eigenvalue weighted by Gasteiger charge is 2.48. The zero-order chi connectivity index (χ0) is 7.19. The van der Waals surface area contributed by atoms with Crippen molar-refractivity contribution in [1.29, 1.82) is 0 Å². The zero-order valence-electron chi connectivity index (χ0n) is 6.26. The monoisotopic (exact) mass is 136 g/mol. The van der Waals surface area contributed by atoms with E-state index in [9.17, 15) is 4.79 Å². The summed E-state index contributed by atoms with van der Waals surface area (Å²) in [6, 6.07) is 0. The van der Waals surface area contributed by atoms with Crippen LogP contribution in [0.1, 0.15) is 26.2 Å². The van der Waals surface area contributed by atoms with E-state index < -0.39 is 0 Å². The molecule has 0 spiro atoms. The van der Waals surface area contributed by atoms with E-state index in [2.05, 4.69) is 19.1 Å². The summed E-state index contributed by atoms with van der Waals surface area (Å²) >= 11 is 0. The highest BCUT2D eigenvalue weighted by Crippen LogP contribution is 2.49. The molecule has 0 bridgehead atoms. The summed E-state index contributed by atoms with van der Waals surface area (Å²) in [6.45, 7) is 2.19. The fourth-order valence-corrected chi connectivity index (χ4v) is 2.14. The van der Waals surface area contributed by atoms with Gasteiger partial charge in [-0.2, -0.15) is 0 Å². The first kappa shape index (κ1) is 6.14. The number of hydrogen-bond donors (Lipinski definition) is 0. The second kappa shape index (κ2) is 1.71. The van der Waals surface area contributed by atoms with Crippen LogP contribution in [0.25, 0.3) is 0 Å². The molecule has 0 aromatic heterocycles. The van der Waals surface area contributed by atoms with Crippen molar-refractivity contribution >= 4 is 5.78 Å². The molecule has 1 nitrogen and oxygen atoms in total. The molecule has 1 fully saturated rings. The van der Waals surface area contributed by atoms with E-state index in [0.29, 0.717) is 11.7 Å². The largest absolute Gasteiger partial charge is 0.299 e. The summed E-state index contributed by atoms with van der Waals surface area (Å²) in [5.41, 5.74) is 0.259. The lowest BCUT2D eigenvalue weighted by molar-refractivity contribution is -0.138. The van der Waals surface area contributed by atoms with Gasteiger partial charge in [0.2, 0.25) is 0 Å². The first-order valence-electron chi connectivity index (χ1n) is 3.93. The van der Waals surface area contributed by atoms with E-state index in [1.165, 1.54) is 0 Å². The van der Waals surface area contributed by atoms with Gasteiger partial charge in [-0.25, -0.2) is 0 Å². The van der Waals surface area contributed by atoms with Gasteiger partial charge >= 0.3 is 0 Å². The Morgan fingerprint density at radius 3 is 3.00 bits per heavy atom. The van der Waals surface area contributed by atoms with E-state index in [1.807, 2.05) is 0 Å². The molecule has 0 aliphatic heterocycles. The van der Waals surface area contributed by atoms with E-state index in [1.54, 1.807) is 0 Å². The molecule has 0 aromatic rings. The van der Waals surface area contributed by atoms with Crippen LogP contribution < -0.4 is 0 Å². The maximum Gasteiger partial charge on any atom is 0.137 e. The first-order chi connectivity index (χ1) is 4.72. The van der Waals surface area contributed by atoms with Gasteiger partial charge in [0, 0.05) is 17.8 Å². The van der Waals surface area contributed by atoms with Gasteiger partial charge in [0.15, 0.2) is 0 Å². The Hall–Kier alpha value is -0.590. The number of allylic oxidation sites excluding steroid dienone is 2. The van der Waals surface area contributed by atoms with Crippen molar-refractivity contribution in [3.63, 3.8) is 0 Å². The van der Waals surface area contributed by atoms with Crippen LogP contribution in [0.15, 0.2) is 12.2 Å². The van der Waals surface area contributed by atoms with E-state index in [0.717, 1.165) is 19.3 Å². The smallest absolute Gasteiger partial charge is 0.137 e. The van der Waals surface area contributed by atoms with Gasteiger partial charge in [0.25, 0.3) is 0 Å². The van der Waals surface area contributed by atoms with Gasteiger partial charge in [-0.3, -0.25) is 4.79 Å². The van der Waals surface area contributed by atoms with Crippen LogP contribution in [0.4, 0.5) is 0 Å². The van der Waals surface area contributed by atoms with E-state index >= 15 is 0 Å². The number of ketones is 1. The predicted octanol–water partition coefficient (Wildman–Crippen LogP) is 1.93.